The molecule has 0 saturated carbocycles. The van der Waals surface area contributed by atoms with E-state index in [0.717, 1.165) is 15.8 Å². The minimum atomic E-state index is -0.360. The third-order valence-corrected chi connectivity index (χ3v) is 4.41. The molecule has 3 heterocycles. The third kappa shape index (κ3) is 3.21. The SMILES string of the molecule is Cc1nn(CC(=O)NCCc2ccc(F)cc2)c(=O)c2cc3occc3n12. The number of carbonyl (C=O) groups excluding carboxylic acids is 1. The number of carbonyl (C=O) groups is 1. The molecule has 0 aliphatic rings. The molecule has 27 heavy (non-hydrogen) atoms. The molecule has 1 N–H and O–H groups in total. The molecule has 0 fully saturated rings. The van der Waals surface area contributed by atoms with Crippen molar-refractivity contribution in [3.63, 3.8) is 0 Å². The van der Waals surface area contributed by atoms with Gasteiger partial charge >= 0.3 is 0 Å². The highest BCUT2D eigenvalue weighted by Crippen LogP contribution is 2.19. The lowest BCUT2D eigenvalue weighted by molar-refractivity contribution is -0.121. The first kappa shape index (κ1) is 17.0. The van der Waals surface area contributed by atoms with Crippen LogP contribution in [0, 0.1) is 12.7 Å². The first-order valence-electron chi connectivity index (χ1n) is 8.50. The van der Waals surface area contributed by atoms with Crippen molar-refractivity contribution >= 4 is 22.5 Å². The number of benzene rings is 1. The van der Waals surface area contributed by atoms with Crippen LogP contribution >= 0.6 is 0 Å². The summed E-state index contributed by atoms with van der Waals surface area (Å²) < 4.78 is 21.1. The molecular formula is C19H17FN4O3. The molecule has 0 aliphatic heterocycles. The number of amides is 1. The highest BCUT2D eigenvalue weighted by Gasteiger charge is 2.15. The zero-order valence-electron chi connectivity index (χ0n) is 14.6. The second kappa shape index (κ2) is 6.71. The number of furan rings is 1. The molecule has 3 aromatic heterocycles. The van der Waals surface area contributed by atoms with Crippen molar-refractivity contribution in [2.45, 2.75) is 19.9 Å². The summed E-state index contributed by atoms with van der Waals surface area (Å²) in [5, 5.41) is 6.99. The summed E-state index contributed by atoms with van der Waals surface area (Å²) in [7, 11) is 0. The van der Waals surface area contributed by atoms with Gasteiger partial charge in [-0.25, -0.2) is 9.07 Å². The Bertz CT molecular complexity index is 1190. The van der Waals surface area contributed by atoms with Gasteiger partial charge in [0, 0.05) is 18.7 Å². The first-order valence-corrected chi connectivity index (χ1v) is 8.50. The van der Waals surface area contributed by atoms with E-state index in [1.54, 1.807) is 41.9 Å². The minimum absolute atomic E-state index is 0.174. The van der Waals surface area contributed by atoms with Gasteiger partial charge in [-0.15, -0.1) is 0 Å². The van der Waals surface area contributed by atoms with Crippen LogP contribution in [0.4, 0.5) is 4.39 Å². The molecule has 4 rings (SSSR count). The number of rotatable bonds is 5. The van der Waals surface area contributed by atoms with E-state index in [9.17, 15) is 14.0 Å². The van der Waals surface area contributed by atoms with E-state index in [0.29, 0.717) is 29.9 Å². The van der Waals surface area contributed by atoms with Crippen LogP contribution in [-0.2, 0) is 17.8 Å². The fraction of sp³-hybridized carbons (Fsp3) is 0.211. The average Bonchev–Trinajstić information content (AvgIpc) is 3.22. The Morgan fingerprint density at radius 3 is 2.78 bits per heavy atom. The van der Waals surface area contributed by atoms with Crippen LogP contribution in [0.5, 0.6) is 0 Å². The summed E-state index contributed by atoms with van der Waals surface area (Å²) in [6.45, 7) is 1.98. The third-order valence-electron chi connectivity index (χ3n) is 4.41. The molecule has 0 spiro atoms. The normalized spacial score (nSPS) is 11.3. The average molecular weight is 368 g/mol. The zero-order valence-corrected chi connectivity index (χ0v) is 14.6. The lowest BCUT2D eigenvalue weighted by Crippen LogP contribution is -2.35. The molecule has 1 amide bonds. The van der Waals surface area contributed by atoms with Gasteiger partial charge < -0.3 is 9.73 Å². The van der Waals surface area contributed by atoms with E-state index >= 15 is 0 Å². The van der Waals surface area contributed by atoms with Gasteiger partial charge in [0.25, 0.3) is 5.56 Å². The standard InChI is InChI=1S/C19H17FN4O3/c1-12-22-23(19(26)16-10-17-15(24(12)16)7-9-27-17)11-18(25)21-8-6-13-2-4-14(20)5-3-13/h2-5,7,9-10H,6,8,11H2,1H3,(H,21,25). The van der Waals surface area contributed by atoms with Gasteiger partial charge in [0.1, 0.15) is 23.7 Å². The predicted molar refractivity (Wildman–Crippen MR) is 97.1 cm³/mol. The fourth-order valence-corrected chi connectivity index (χ4v) is 3.12. The van der Waals surface area contributed by atoms with Gasteiger partial charge in [0.05, 0.1) is 11.8 Å². The second-order valence-corrected chi connectivity index (χ2v) is 6.27. The molecule has 8 heteroatoms. The molecular weight excluding hydrogens is 351 g/mol. The summed E-state index contributed by atoms with van der Waals surface area (Å²) in [5.74, 6) is -0.0259. The van der Waals surface area contributed by atoms with E-state index in [4.69, 9.17) is 4.42 Å². The maximum absolute atomic E-state index is 12.9. The molecule has 138 valence electrons. The Hall–Kier alpha value is -3.42. The molecule has 0 bridgehead atoms. The fourth-order valence-electron chi connectivity index (χ4n) is 3.12. The van der Waals surface area contributed by atoms with Gasteiger partial charge in [0.15, 0.2) is 5.58 Å². The highest BCUT2D eigenvalue weighted by molar-refractivity contribution is 5.82. The predicted octanol–water partition coefficient (Wildman–Crippen LogP) is 2.05. The first-order chi connectivity index (χ1) is 13.0. The molecule has 0 unspecified atom stereocenters. The van der Waals surface area contributed by atoms with Crippen molar-refractivity contribution in [3.05, 3.63) is 70.2 Å². The number of nitrogens with one attached hydrogen (secondary N) is 1. The Kier molecular flexibility index (Phi) is 4.23. The number of fused-ring (bicyclic) bond motifs is 3. The zero-order chi connectivity index (χ0) is 19.0. The maximum atomic E-state index is 12.9. The lowest BCUT2D eigenvalue weighted by atomic mass is 10.1. The summed E-state index contributed by atoms with van der Waals surface area (Å²) in [6.07, 6.45) is 2.12. The monoisotopic (exact) mass is 368 g/mol. The van der Waals surface area contributed by atoms with Crippen LogP contribution in [0.25, 0.3) is 16.6 Å². The highest BCUT2D eigenvalue weighted by atomic mass is 19.1. The van der Waals surface area contributed by atoms with Crippen molar-refractivity contribution in [1.82, 2.24) is 19.5 Å². The van der Waals surface area contributed by atoms with E-state index in [1.807, 2.05) is 0 Å². The van der Waals surface area contributed by atoms with Crippen molar-refractivity contribution in [3.8, 4) is 0 Å². The van der Waals surface area contributed by atoms with Crippen LogP contribution in [0.2, 0.25) is 0 Å². The lowest BCUT2D eigenvalue weighted by Gasteiger charge is -2.09. The Labute approximate surface area is 153 Å². The van der Waals surface area contributed by atoms with Gasteiger partial charge in [-0.05, 0) is 31.0 Å². The maximum Gasteiger partial charge on any atom is 0.291 e. The number of aromatic nitrogens is 3. The molecule has 0 atom stereocenters. The number of hydrogen-bond donors (Lipinski definition) is 1. The summed E-state index contributed by atoms with van der Waals surface area (Å²) in [5.41, 5.74) is 2.33. The van der Waals surface area contributed by atoms with E-state index in [2.05, 4.69) is 10.4 Å². The van der Waals surface area contributed by atoms with Gasteiger partial charge in [0.2, 0.25) is 5.91 Å². The molecule has 7 nitrogen and oxygen atoms in total. The molecule has 0 saturated heterocycles. The number of hydrogen-bond acceptors (Lipinski definition) is 4. The molecule has 0 aliphatic carbocycles. The number of halogens is 1. The summed E-state index contributed by atoms with van der Waals surface area (Å²) in [4.78, 5) is 24.8. The van der Waals surface area contributed by atoms with Crippen molar-refractivity contribution < 1.29 is 13.6 Å². The Balaban J connectivity index is 1.47. The van der Waals surface area contributed by atoms with Crippen molar-refractivity contribution in [2.24, 2.45) is 0 Å². The molecule has 0 radical (unpaired) electrons. The Morgan fingerprint density at radius 1 is 1.22 bits per heavy atom. The van der Waals surface area contributed by atoms with Gasteiger partial charge in [-0.2, -0.15) is 5.10 Å². The summed E-state index contributed by atoms with van der Waals surface area (Å²) >= 11 is 0. The van der Waals surface area contributed by atoms with Crippen molar-refractivity contribution in [2.75, 3.05) is 6.54 Å². The van der Waals surface area contributed by atoms with Crippen LogP contribution in [-0.4, -0.2) is 26.6 Å². The summed E-state index contributed by atoms with van der Waals surface area (Å²) in [6, 6.07) is 9.53. The van der Waals surface area contributed by atoms with Crippen LogP contribution in [0.1, 0.15) is 11.4 Å². The van der Waals surface area contributed by atoms with E-state index < -0.39 is 0 Å². The molecule has 1 aromatic carbocycles. The van der Waals surface area contributed by atoms with Crippen LogP contribution in [0.15, 0.2) is 51.9 Å². The Morgan fingerprint density at radius 2 is 2.00 bits per heavy atom. The number of aryl methyl sites for hydroxylation is 1. The van der Waals surface area contributed by atoms with Gasteiger partial charge in [-0.3, -0.25) is 14.0 Å². The quantitative estimate of drug-likeness (QED) is 0.585. The van der Waals surface area contributed by atoms with Crippen molar-refractivity contribution in [1.29, 1.82) is 0 Å². The van der Waals surface area contributed by atoms with Crippen LogP contribution < -0.4 is 10.9 Å². The van der Waals surface area contributed by atoms with E-state index in [-0.39, 0.29) is 23.8 Å². The minimum Gasteiger partial charge on any atom is -0.463 e. The van der Waals surface area contributed by atoms with Gasteiger partial charge in [-0.1, -0.05) is 12.1 Å². The number of nitrogens with zero attached hydrogens (tertiary/aromatic N) is 3. The van der Waals surface area contributed by atoms with Crippen LogP contribution in [0.3, 0.4) is 0 Å². The second-order valence-electron chi connectivity index (χ2n) is 6.27. The largest absolute Gasteiger partial charge is 0.463 e. The topological polar surface area (TPSA) is 81.5 Å². The van der Waals surface area contributed by atoms with E-state index in [1.165, 1.54) is 12.1 Å². The molecule has 4 aromatic rings. The smallest absolute Gasteiger partial charge is 0.291 e.